The fourth-order valence-electron chi connectivity index (χ4n) is 4.95. The minimum atomic E-state index is 0.0174. The lowest BCUT2D eigenvalue weighted by Gasteiger charge is -2.31. The smallest absolute Gasteiger partial charge is 0.183 e. The molecule has 2 atom stereocenters. The molecular weight excluding hydrogens is 318 g/mol. The van der Waals surface area contributed by atoms with Crippen LogP contribution in [0.3, 0.4) is 0 Å². The van der Waals surface area contributed by atoms with Gasteiger partial charge in [-0.25, -0.2) is 4.99 Å². The Hall–Kier alpha value is -0.530. The van der Waals surface area contributed by atoms with Crippen LogP contribution in [0.5, 0.6) is 0 Å². The summed E-state index contributed by atoms with van der Waals surface area (Å²) in [7, 11) is 0. The van der Waals surface area contributed by atoms with E-state index in [1.807, 2.05) is 0 Å². The van der Waals surface area contributed by atoms with E-state index in [-0.39, 0.29) is 5.54 Å². The summed E-state index contributed by atoms with van der Waals surface area (Å²) in [6.07, 6.45) is 22.7. The first-order valence-corrected chi connectivity index (χ1v) is 11.8. The highest BCUT2D eigenvalue weighted by molar-refractivity contribution is 5.78. The number of hydrogen-bond donors (Lipinski definition) is 0. The van der Waals surface area contributed by atoms with Gasteiger partial charge in [-0.3, -0.25) is 0 Å². The van der Waals surface area contributed by atoms with Crippen LogP contribution in [0, 0.1) is 11.8 Å². The number of aliphatic imine (C=N–C) groups is 1. The number of unbranched alkanes of at least 4 members (excludes halogenated alkanes) is 7. The van der Waals surface area contributed by atoms with E-state index < -0.39 is 0 Å². The van der Waals surface area contributed by atoms with Crippen molar-refractivity contribution in [2.75, 3.05) is 6.61 Å². The quantitative estimate of drug-likeness (QED) is 0.307. The fraction of sp³-hybridized carbons (Fsp3) is 0.958. The number of ether oxygens (including phenoxy) is 1. The minimum Gasteiger partial charge on any atom is -0.478 e. The predicted octanol–water partition coefficient (Wildman–Crippen LogP) is 7.70. The molecule has 2 unspecified atom stereocenters. The van der Waals surface area contributed by atoms with Crippen molar-refractivity contribution < 1.29 is 4.74 Å². The van der Waals surface area contributed by atoms with E-state index in [1.54, 1.807) is 0 Å². The first-order valence-electron chi connectivity index (χ1n) is 11.8. The summed E-state index contributed by atoms with van der Waals surface area (Å²) in [5.74, 6) is 3.13. The van der Waals surface area contributed by atoms with Crippen molar-refractivity contribution in [3.05, 3.63) is 0 Å². The van der Waals surface area contributed by atoms with Gasteiger partial charge >= 0.3 is 0 Å². The standard InChI is InChI=1S/C24H45NO/c1-4-15-21-17-13-14-18-22(21)16-11-9-7-5-6-8-10-12-19-23-25-24(2,3)20-26-23/h21-22H,4-20H2,1-3H3. The van der Waals surface area contributed by atoms with Gasteiger partial charge in [-0.15, -0.1) is 0 Å². The third-order valence-corrected chi connectivity index (χ3v) is 6.46. The molecule has 26 heavy (non-hydrogen) atoms. The summed E-state index contributed by atoms with van der Waals surface area (Å²) in [5, 5.41) is 0. The molecule has 0 aromatic carbocycles. The molecule has 0 saturated heterocycles. The van der Waals surface area contributed by atoms with Crippen LogP contribution in [0.2, 0.25) is 0 Å². The van der Waals surface area contributed by atoms with Gasteiger partial charge in [-0.05, 0) is 32.1 Å². The van der Waals surface area contributed by atoms with E-state index in [0.717, 1.165) is 30.8 Å². The molecular formula is C24H45NO. The van der Waals surface area contributed by atoms with E-state index in [4.69, 9.17) is 4.74 Å². The molecule has 0 radical (unpaired) electrons. The molecule has 1 aliphatic heterocycles. The molecule has 0 bridgehead atoms. The Kier molecular flexibility index (Phi) is 10.1. The van der Waals surface area contributed by atoms with E-state index in [0.29, 0.717) is 0 Å². The molecule has 2 nitrogen and oxygen atoms in total. The Bertz CT molecular complexity index is 399. The Morgan fingerprint density at radius 2 is 1.42 bits per heavy atom. The van der Waals surface area contributed by atoms with E-state index in [9.17, 15) is 0 Å². The zero-order chi connectivity index (χ0) is 18.7. The number of hydrogen-bond acceptors (Lipinski definition) is 2. The zero-order valence-electron chi connectivity index (χ0n) is 18.0. The second-order valence-corrected chi connectivity index (χ2v) is 9.57. The normalized spacial score (nSPS) is 25.1. The maximum Gasteiger partial charge on any atom is 0.183 e. The van der Waals surface area contributed by atoms with E-state index in [2.05, 4.69) is 25.8 Å². The highest BCUT2D eigenvalue weighted by Gasteiger charge is 2.25. The first-order chi connectivity index (χ1) is 12.6. The van der Waals surface area contributed by atoms with Gasteiger partial charge in [-0.2, -0.15) is 0 Å². The summed E-state index contributed by atoms with van der Waals surface area (Å²) < 4.78 is 5.66. The SMILES string of the molecule is CCCC1CCCCC1CCCCCCCCCCC1=NC(C)(C)CO1. The summed E-state index contributed by atoms with van der Waals surface area (Å²) in [5.41, 5.74) is 0.0174. The zero-order valence-corrected chi connectivity index (χ0v) is 18.0. The highest BCUT2D eigenvalue weighted by atomic mass is 16.5. The molecule has 0 amide bonds. The second kappa shape index (κ2) is 12.0. The lowest BCUT2D eigenvalue weighted by molar-refractivity contribution is 0.205. The van der Waals surface area contributed by atoms with Crippen molar-refractivity contribution in [3.63, 3.8) is 0 Å². The largest absolute Gasteiger partial charge is 0.478 e. The molecule has 2 rings (SSSR count). The van der Waals surface area contributed by atoms with Gasteiger partial charge in [-0.1, -0.05) is 96.8 Å². The summed E-state index contributed by atoms with van der Waals surface area (Å²) >= 11 is 0. The molecule has 0 aromatic heterocycles. The molecule has 2 heteroatoms. The Balaban J connectivity index is 1.39. The lowest BCUT2D eigenvalue weighted by atomic mass is 9.75. The Labute approximate surface area is 163 Å². The second-order valence-electron chi connectivity index (χ2n) is 9.57. The van der Waals surface area contributed by atoms with Crippen LogP contribution < -0.4 is 0 Å². The van der Waals surface area contributed by atoms with Gasteiger partial charge in [0, 0.05) is 6.42 Å². The third kappa shape index (κ3) is 8.44. The summed E-state index contributed by atoms with van der Waals surface area (Å²) in [4.78, 5) is 4.64. The molecule has 1 heterocycles. The van der Waals surface area contributed by atoms with Crippen LogP contribution in [0.25, 0.3) is 0 Å². The van der Waals surface area contributed by atoms with Gasteiger partial charge in [0.05, 0.1) is 5.54 Å². The Morgan fingerprint density at radius 3 is 2.00 bits per heavy atom. The predicted molar refractivity (Wildman–Crippen MR) is 114 cm³/mol. The third-order valence-electron chi connectivity index (χ3n) is 6.46. The maximum absolute atomic E-state index is 5.66. The van der Waals surface area contributed by atoms with Crippen molar-refractivity contribution in [2.24, 2.45) is 16.8 Å². The topological polar surface area (TPSA) is 21.6 Å². The Morgan fingerprint density at radius 1 is 0.846 bits per heavy atom. The molecule has 2 aliphatic rings. The number of nitrogens with zero attached hydrogens (tertiary/aromatic N) is 1. The van der Waals surface area contributed by atoms with Gasteiger partial charge in [0.1, 0.15) is 6.61 Å². The van der Waals surface area contributed by atoms with Gasteiger partial charge in [0.25, 0.3) is 0 Å². The lowest BCUT2D eigenvalue weighted by Crippen LogP contribution is -2.19. The van der Waals surface area contributed by atoms with Crippen molar-refractivity contribution in [2.45, 2.75) is 129 Å². The summed E-state index contributed by atoms with van der Waals surface area (Å²) in [6, 6.07) is 0. The maximum atomic E-state index is 5.66. The molecule has 0 spiro atoms. The van der Waals surface area contributed by atoms with Crippen molar-refractivity contribution in [3.8, 4) is 0 Å². The van der Waals surface area contributed by atoms with Crippen LogP contribution in [0.15, 0.2) is 4.99 Å². The monoisotopic (exact) mass is 363 g/mol. The van der Waals surface area contributed by atoms with E-state index in [1.165, 1.54) is 96.3 Å². The van der Waals surface area contributed by atoms with Crippen LogP contribution in [0.4, 0.5) is 0 Å². The van der Waals surface area contributed by atoms with Crippen molar-refractivity contribution >= 4 is 5.90 Å². The van der Waals surface area contributed by atoms with Crippen molar-refractivity contribution in [1.29, 1.82) is 0 Å². The van der Waals surface area contributed by atoms with Crippen LogP contribution in [-0.4, -0.2) is 18.0 Å². The fourth-order valence-corrected chi connectivity index (χ4v) is 4.95. The van der Waals surface area contributed by atoms with Gasteiger partial charge in [0.2, 0.25) is 0 Å². The van der Waals surface area contributed by atoms with Gasteiger partial charge < -0.3 is 4.74 Å². The molecule has 1 aliphatic carbocycles. The van der Waals surface area contributed by atoms with Crippen LogP contribution in [0.1, 0.15) is 124 Å². The first kappa shape index (κ1) is 21.8. The summed E-state index contributed by atoms with van der Waals surface area (Å²) in [6.45, 7) is 7.43. The minimum absolute atomic E-state index is 0.0174. The van der Waals surface area contributed by atoms with Crippen LogP contribution >= 0.6 is 0 Å². The average Bonchev–Trinajstić information content (AvgIpc) is 2.97. The average molecular weight is 364 g/mol. The van der Waals surface area contributed by atoms with Crippen molar-refractivity contribution in [1.82, 2.24) is 0 Å². The number of rotatable bonds is 13. The van der Waals surface area contributed by atoms with Crippen LogP contribution in [-0.2, 0) is 4.74 Å². The molecule has 1 saturated carbocycles. The molecule has 0 N–H and O–H groups in total. The molecule has 0 aromatic rings. The molecule has 152 valence electrons. The highest BCUT2D eigenvalue weighted by Crippen LogP contribution is 2.36. The van der Waals surface area contributed by atoms with Gasteiger partial charge in [0.15, 0.2) is 5.90 Å². The molecule has 1 fully saturated rings. The van der Waals surface area contributed by atoms with E-state index >= 15 is 0 Å².